The first-order valence-electron chi connectivity index (χ1n) is 3.11. The number of pyridine rings is 1. The lowest BCUT2D eigenvalue weighted by molar-refractivity contribution is 0.789. The lowest BCUT2D eigenvalue weighted by atomic mass is 9.94. The third-order valence-electron chi connectivity index (χ3n) is 1.77. The molecule has 1 aliphatic rings. The van der Waals surface area contributed by atoms with E-state index >= 15 is 0 Å². The van der Waals surface area contributed by atoms with Gasteiger partial charge in [-0.2, -0.15) is 0 Å². The Bertz CT molecular complexity index is 268. The highest BCUT2D eigenvalue weighted by molar-refractivity contribution is 6.42. The Morgan fingerprint density at radius 2 is 2.10 bits per heavy atom. The molecule has 0 amide bonds. The van der Waals surface area contributed by atoms with E-state index in [0.717, 1.165) is 24.1 Å². The van der Waals surface area contributed by atoms with Crippen molar-refractivity contribution >= 4 is 23.2 Å². The van der Waals surface area contributed by atoms with E-state index in [-0.39, 0.29) is 0 Å². The number of halogens is 2. The number of rotatable bonds is 0. The highest BCUT2D eigenvalue weighted by Crippen LogP contribution is 2.33. The van der Waals surface area contributed by atoms with Crippen molar-refractivity contribution in [2.75, 3.05) is 0 Å². The minimum Gasteiger partial charge on any atom is -0.259 e. The van der Waals surface area contributed by atoms with Gasteiger partial charge < -0.3 is 0 Å². The zero-order valence-electron chi connectivity index (χ0n) is 5.19. The summed E-state index contributed by atoms with van der Waals surface area (Å²) in [4.78, 5) is 4.11. The van der Waals surface area contributed by atoms with Gasteiger partial charge in [0.05, 0.1) is 10.0 Å². The van der Waals surface area contributed by atoms with Crippen LogP contribution in [-0.2, 0) is 12.8 Å². The van der Waals surface area contributed by atoms with E-state index < -0.39 is 0 Å². The summed E-state index contributed by atoms with van der Waals surface area (Å²) in [5, 5.41) is 1.26. The normalized spacial score (nSPS) is 14.2. The molecule has 0 radical (unpaired) electrons. The van der Waals surface area contributed by atoms with Crippen molar-refractivity contribution in [1.29, 1.82) is 0 Å². The maximum atomic E-state index is 5.86. The van der Waals surface area contributed by atoms with Gasteiger partial charge in [0, 0.05) is 11.9 Å². The van der Waals surface area contributed by atoms with Crippen LogP contribution in [0.4, 0.5) is 0 Å². The summed E-state index contributed by atoms with van der Waals surface area (Å²) in [6.45, 7) is 0. The smallest absolute Gasteiger partial charge is 0.0778 e. The average molecular weight is 174 g/mol. The fourth-order valence-electron chi connectivity index (χ4n) is 1.08. The van der Waals surface area contributed by atoms with Crippen molar-refractivity contribution in [3.8, 4) is 0 Å². The SMILES string of the molecule is Clc1cnc2c(c1Cl)CC2. The molecule has 2 rings (SSSR count). The molecule has 1 aliphatic carbocycles. The van der Waals surface area contributed by atoms with Crippen LogP contribution in [0.25, 0.3) is 0 Å². The molecule has 10 heavy (non-hydrogen) atoms. The summed E-state index contributed by atoms with van der Waals surface area (Å²) in [7, 11) is 0. The molecule has 1 aromatic heterocycles. The first kappa shape index (κ1) is 6.44. The maximum absolute atomic E-state index is 5.86. The molecule has 0 saturated heterocycles. The Hall–Kier alpha value is -0.270. The van der Waals surface area contributed by atoms with Gasteiger partial charge in [-0.1, -0.05) is 23.2 Å². The standard InChI is InChI=1S/C7H5Cl2N/c8-5-3-10-6-2-1-4(6)7(5)9/h3H,1-2H2. The largest absolute Gasteiger partial charge is 0.259 e. The first-order chi connectivity index (χ1) is 4.79. The Kier molecular flexibility index (Phi) is 1.36. The topological polar surface area (TPSA) is 12.9 Å². The summed E-state index contributed by atoms with van der Waals surface area (Å²) in [6.07, 6.45) is 3.69. The van der Waals surface area contributed by atoms with Crippen LogP contribution in [0.3, 0.4) is 0 Å². The lowest BCUT2D eigenvalue weighted by Crippen LogP contribution is -2.11. The van der Waals surface area contributed by atoms with Gasteiger partial charge in [-0.05, 0) is 18.4 Å². The van der Waals surface area contributed by atoms with Crippen molar-refractivity contribution in [3.63, 3.8) is 0 Å². The molecule has 0 aromatic carbocycles. The Balaban J connectivity index is 2.66. The molecule has 1 heterocycles. The van der Waals surface area contributed by atoms with Gasteiger partial charge in [-0.3, -0.25) is 4.98 Å². The van der Waals surface area contributed by atoms with E-state index in [0.29, 0.717) is 10.0 Å². The van der Waals surface area contributed by atoms with Crippen LogP contribution in [0.5, 0.6) is 0 Å². The van der Waals surface area contributed by atoms with Crippen molar-refractivity contribution in [2.24, 2.45) is 0 Å². The fourth-order valence-corrected chi connectivity index (χ4v) is 1.49. The summed E-state index contributed by atoms with van der Waals surface area (Å²) in [5.41, 5.74) is 2.24. The molecule has 0 atom stereocenters. The lowest BCUT2D eigenvalue weighted by Gasteiger charge is -2.18. The molecular formula is C7H5Cl2N. The van der Waals surface area contributed by atoms with E-state index in [1.54, 1.807) is 6.20 Å². The van der Waals surface area contributed by atoms with Crippen LogP contribution < -0.4 is 0 Å². The Morgan fingerprint density at radius 3 is 2.60 bits per heavy atom. The number of aryl methyl sites for hydroxylation is 1. The van der Waals surface area contributed by atoms with Crippen molar-refractivity contribution in [2.45, 2.75) is 12.8 Å². The number of aromatic nitrogens is 1. The highest BCUT2D eigenvalue weighted by atomic mass is 35.5. The van der Waals surface area contributed by atoms with Gasteiger partial charge in [-0.15, -0.1) is 0 Å². The molecule has 0 unspecified atom stereocenters. The maximum Gasteiger partial charge on any atom is 0.0778 e. The Morgan fingerprint density at radius 1 is 1.30 bits per heavy atom. The molecule has 1 nitrogen and oxygen atoms in total. The van der Waals surface area contributed by atoms with Crippen molar-refractivity contribution in [3.05, 3.63) is 27.5 Å². The highest BCUT2D eigenvalue weighted by Gasteiger charge is 2.19. The third kappa shape index (κ3) is 0.741. The number of nitrogens with zero attached hydrogens (tertiary/aromatic N) is 1. The third-order valence-corrected chi connectivity index (χ3v) is 2.58. The summed E-state index contributed by atoms with van der Waals surface area (Å²) < 4.78 is 0. The molecule has 1 aromatic rings. The van der Waals surface area contributed by atoms with Crippen molar-refractivity contribution in [1.82, 2.24) is 4.98 Å². The molecule has 0 fully saturated rings. The quantitative estimate of drug-likeness (QED) is 0.588. The van der Waals surface area contributed by atoms with Gasteiger partial charge in [0.2, 0.25) is 0 Å². The van der Waals surface area contributed by atoms with E-state index in [2.05, 4.69) is 4.98 Å². The fraction of sp³-hybridized carbons (Fsp3) is 0.286. The molecule has 0 aliphatic heterocycles. The van der Waals surface area contributed by atoms with Gasteiger partial charge in [0.1, 0.15) is 0 Å². The summed E-state index contributed by atoms with van der Waals surface area (Å²) in [6, 6.07) is 0. The number of hydrogen-bond acceptors (Lipinski definition) is 1. The second-order valence-electron chi connectivity index (χ2n) is 2.35. The second-order valence-corrected chi connectivity index (χ2v) is 3.13. The van der Waals surface area contributed by atoms with Gasteiger partial charge in [-0.25, -0.2) is 0 Å². The number of fused-ring (bicyclic) bond motifs is 1. The second kappa shape index (κ2) is 2.11. The van der Waals surface area contributed by atoms with Crippen LogP contribution in [0, 0.1) is 0 Å². The molecule has 52 valence electrons. The van der Waals surface area contributed by atoms with Crippen molar-refractivity contribution < 1.29 is 0 Å². The minimum absolute atomic E-state index is 0.570. The van der Waals surface area contributed by atoms with Gasteiger partial charge in [0.25, 0.3) is 0 Å². The molecule has 0 saturated carbocycles. The molecule has 0 spiro atoms. The van der Waals surface area contributed by atoms with Crippen LogP contribution in [0.1, 0.15) is 11.3 Å². The van der Waals surface area contributed by atoms with Crippen LogP contribution in [0.15, 0.2) is 6.20 Å². The average Bonchev–Trinajstić information content (AvgIpc) is 1.82. The van der Waals surface area contributed by atoms with E-state index in [1.165, 1.54) is 0 Å². The van der Waals surface area contributed by atoms with E-state index in [1.807, 2.05) is 0 Å². The van der Waals surface area contributed by atoms with Crippen LogP contribution in [0.2, 0.25) is 10.0 Å². The predicted octanol–water partition coefficient (Wildman–Crippen LogP) is 2.49. The summed E-state index contributed by atoms with van der Waals surface area (Å²) in [5.74, 6) is 0. The molecule has 0 N–H and O–H groups in total. The Labute approximate surface area is 69.0 Å². The molecular weight excluding hydrogens is 169 g/mol. The zero-order chi connectivity index (χ0) is 7.14. The first-order valence-corrected chi connectivity index (χ1v) is 3.86. The van der Waals surface area contributed by atoms with E-state index in [9.17, 15) is 0 Å². The van der Waals surface area contributed by atoms with Crippen LogP contribution in [-0.4, -0.2) is 4.98 Å². The summed E-state index contributed by atoms with van der Waals surface area (Å²) >= 11 is 11.6. The van der Waals surface area contributed by atoms with E-state index in [4.69, 9.17) is 23.2 Å². The molecule has 0 bridgehead atoms. The minimum atomic E-state index is 0.570. The van der Waals surface area contributed by atoms with Crippen LogP contribution >= 0.6 is 23.2 Å². The zero-order valence-corrected chi connectivity index (χ0v) is 6.71. The molecule has 3 heteroatoms. The van der Waals surface area contributed by atoms with Gasteiger partial charge in [0.15, 0.2) is 0 Å². The predicted molar refractivity (Wildman–Crippen MR) is 41.7 cm³/mol. The van der Waals surface area contributed by atoms with Gasteiger partial charge >= 0.3 is 0 Å². The number of hydrogen-bond donors (Lipinski definition) is 0. The monoisotopic (exact) mass is 173 g/mol.